The standard InChI is InChI=1S/C20H21ClFN3O2/c21-17-11-16(7-8-18(17)22)23-13-19(26)24-12-14-3-5-15(6-4-14)20(27)25-9-1-2-10-25/h3-8,11,23H,1-2,9-10,12-13H2,(H,24,26). The fraction of sp³-hybridized carbons (Fsp3) is 0.300. The summed E-state index contributed by atoms with van der Waals surface area (Å²) in [7, 11) is 0. The zero-order valence-electron chi connectivity index (χ0n) is 14.8. The molecule has 0 unspecified atom stereocenters. The fourth-order valence-corrected chi connectivity index (χ4v) is 3.10. The molecule has 1 fully saturated rings. The average molecular weight is 390 g/mol. The van der Waals surface area contributed by atoms with Crippen LogP contribution in [0.4, 0.5) is 10.1 Å². The second kappa shape index (κ2) is 8.86. The van der Waals surface area contributed by atoms with Crippen LogP contribution in [-0.4, -0.2) is 36.3 Å². The third-order valence-corrected chi connectivity index (χ3v) is 4.75. The van der Waals surface area contributed by atoms with Gasteiger partial charge >= 0.3 is 0 Å². The number of likely N-dealkylation sites (tertiary alicyclic amines) is 1. The van der Waals surface area contributed by atoms with Crippen molar-refractivity contribution in [3.63, 3.8) is 0 Å². The van der Waals surface area contributed by atoms with Crippen LogP contribution in [-0.2, 0) is 11.3 Å². The predicted octanol–water partition coefficient (Wildman–Crippen LogP) is 3.44. The van der Waals surface area contributed by atoms with E-state index in [1.54, 1.807) is 12.1 Å². The molecule has 2 amide bonds. The van der Waals surface area contributed by atoms with E-state index in [2.05, 4.69) is 10.6 Å². The largest absolute Gasteiger partial charge is 0.376 e. The lowest BCUT2D eigenvalue weighted by atomic mass is 10.1. The quantitative estimate of drug-likeness (QED) is 0.795. The van der Waals surface area contributed by atoms with E-state index in [0.29, 0.717) is 17.8 Å². The molecule has 0 aliphatic carbocycles. The summed E-state index contributed by atoms with van der Waals surface area (Å²) in [4.78, 5) is 26.1. The van der Waals surface area contributed by atoms with Crippen molar-refractivity contribution < 1.29 is 14.0 Å². The normalized spacial score (nSPS) is 13.5. The van der Waals surface area contributed by atoms with E-state index in [0.717, 1.165) is 31.5 Å². The van der Waals surface area contributed by atoms with Gasteiger partial charge in [-0.2, -0.15) is 0 Å². The molecular weight excluding hydrogens is 369 g/mol. The molecule has 0 saturated carbocycles. The van der Waals surface area contributed by atoms with Crippen LogP contribution in [0.5, 0.6) is 0 Å². The number of halogens is 2. The summed E-state index contributed by atoms with van der Waals surface area (Å²) >= 11 is 5.70. The van der Waals surface area contributed by atoms with Gasteiger partial charge in [-0.15, -0.1) is 0 Å². The van der Waals surface area contributed by atoms with Gasteiger partial charge in [-0.05, 0) is 48.7 Å². The van der Waals surface area contributed by atoms with Crippen molar-refractivity contribution >= 4 is 29.1 Å². The second-order valence-electron chi connectivity index (χ2n) is 6.46. The molecule has 0 aromatic heterocycles. The van der Waals surface area contributed by atoms with E-state index < -0.39 is 5.82 Å². The van der Waals surface area contributed by atoms with E-state index in [1.807, 2.05) is 17.0 Å². The maximum absolute atomic E-state index is 13.1. The maximum Gasteiger partial charge on any atom is 0.253 e. The Morgan fingerprint density at radius 2 is 1.78 bits per heavy atom. The van der Waals surface area contributed by atoms with Crippen LogP contribution in [0.25, 0.3) is 0 Å². The molecule has 0 atom stereocenters. The Hall–Kier alpha value is -2.60. The highest BCUT2D eigenvalue weighted by atomic mass is 35.5. The van der Waals surface area contributed by atoms with Crippen molar-refractivity contribution in [2.45, 2.75) is 19.4 Å². The van der Waals surface area contributed by atoms with Gasteiger partial charge in [0.05, 0.1) is 11.6 Å². The van der Waals surface area contributed by atoms with Gasteiger partial charge in [-0.3, -0.25) is 9.59 Å². The summed E-state index contributed by atoms with van der Waals surface area (Å²) in [6, 6.07) is 11.5. The van der Waals surface area contributed by atoms with E-state index in [1.165, 1.54) is 18.2 Å². The molecule has 1 aliphatic heterocycles. The van der Waals surface area contributed by atoms with Crippen LogP contribution in [0.15, 0.2) is 42.5 Å². The fourth-order valence-electron chi connectivity index (χ4n) is 2.92. The van der Waals surface area contributed by atoms with Crippen molar-refractivity contribution in [3.05, 3.63) is 64.4 Å². The molecule has 1 aliphatic rings. The number of carbonyl (C=O) groups excluding carboxylic acids is 2. The molecule has 2 aromatic carbocycles. The molecule has 142 valence electrons. The Balaban J connectivity index is 1.45. The third-order valence-electron chi connectivity index (χ3n) is 4.46. The summed E-state index contributed by atoms with van der Waals surface area (Å²) < 4.78 is 13.1. The summed E-state index contributed by atoms with van der Waals surface area (Å²) in [5.74, 6) is -0.642. The number of hydrogen-bond acceptors (Lipinski definition) is 3. The predicted molar refractivity (Wildman–Crippen MR) is 103 cm³/mol. The molecule has 2 aromatic rings. The highest BCUT2D eigenvalue weighted by molar-refractivity contribution is 6.31. The molecule has 3 rings (SSSR count). The zero-order valence-corrected chi connectivity index (χ0v) is 15.6. The van der Waals surface area contributed by atoms with Crippen molar-refractivity contribution in [2.75, 3.05) is 25.0 Å². The topological polar surface area (TPSA) is 61.4 Å². The highest BCUT2D eigenvalue weighted by Gasteiger charge is 2.19. The number of benzene rings is 2. The average Bonchev–Trinajstić information content (AvgIpc) is 3.22. The van der Waals surface area contributed by atoms with E-state index in [4.69, 9.17) is 11.6 Å². The SMILES string of the molecule is O=C(CNc1ccc(F)c(Cl)c1)NCc1ccc(C(=O)N2CCCC2)cc1. The van der Waals surface area contributed by atoms with Gasteiger partial charge in [0.1, 0.15) is 5.82 Å². The van der Waals surface area contributed by atoms with Crippen LogP contribution in [0.3, 0.4) is 0 Å². The lowest BCUT2D eigenvalue weighted by Gasteiger charge is -2.15. The van der Waals surface area contributed by atoms with Gasteiger partial charge in [0, 0.05) is 30.9 Å². The van der Waals surface area contributed by atoms with Crippen LogP contribution in [0.1, 0.15) is 28.8 Å². The Kier molecular flexibility index (Phi) is 6.29. The van der Waals surface area contributed by atoms with Crippen LogP contribution in [0, 0.1) is 5.82 Å². The number of rotatable bonds is 6. The minimum atomic E-state index is -0.502. The monoisotopic (exact) mass is 389 g/mol. The van der Waals surface area contributed by atoms with Gasteiger partial charge in [0.25, 0.3) is 5.91 Å². The molecule has 5 nitrogen and oxygen atoms in total. The Labute approximate surface area is 162 Å². The van der Waals surface area contributed by atoms with Gasteiger partial charge < -0.3 is 15.5 Å². The number of hydrogen-bond donors (Lipinski definition) is 2. The molecule has 0 spiro atoms. The van der Waals surface area contributed by atoms with Crippen molar-refractivity contribution in [2.24, 2.45) is 0 Å². The Bertz CT molecular complexity index is 820. The summed E-state index contributed by atoms with van der Waals surface area (Å²) in [5, 5.41) is 5.69. The maximum atomic E-state index is 13.1. The Morgan fingerprint density at radius 3 is 2.44 bits per heavy atom. The molecule has 1 heterocycles. The number of anilines is 1. The first kappa shape index (κ1) is 19.2. The van der Waals surface area contributed by atoms with Crippen LogP contribution < -0.4 is 10.6 Å². The van der Waals surface area contributed by atoms with Gasteiger partial charge in [0.15, 0.2) is 0 Å². The molecule has 7 heteroatoms. The molecule has 1 saturated heterocycles. The Morgan fingerprint density at radius 1 is 1.07 bits per heavy atom. The minimum absolute atomic E-state index is 0.00368. The molecular formula is C20H21ClFN3O2. The summed E-state index contributed by atoms with van der Waals surface area (Å²) in [6.07, 6.45) is 2.13. The van der Waals surface area contributed by atoms with Gasteiger partial charge in [-0.25, -0.2) is 4.39 Å². The lowest BCUT2D eigenvalue weighted by molar-refractivity contribution is -0.119. The number of amides is 2. The van der Waals surface area contributed by atoms with Gasteiger partial charge in [-0.1, -0.05) is 23.7 Å². The third kappa shape index (κ3) is 5.20. The summed E-state index contributed by atoms with van der Waals surface area (Å²) in [5.41, 5.74) is 2.15. The second-order valence-corrected chi connectivity index (χ2v) is 6.86. The molecule has 27 heavy (non-hydrogen) atoms. The lowest BCUT2D eigenvalue weighted by Crippen LogP contribution is -2.29. The number of nitrogens with zero attached hydrogens (tertiary/aromatic N) is 1. The highest BCUT2D eigenvalue weighted by Crippen LogP contribution is 2.19. The van der Waals surface area contributed by atoms with E-state index in [9.17, 15) is 14.0 Å². The number of carbonyl (C=O) groups is 2. The smallest absolute Gasteiger partial charge is 0.253 e. The molecule has 0 radical (unpaired) electrons. The first-order valence-electron chi connectivity index (χ1n) is 8.87. The van der Waals surface area contributed by atoms with Crippen molar-refractivity contribution in [3.8, 4) is 0 Å². The number of nitrogens with one attached hydrogen (secondary N) is 2. The van der Waals surface area contributed by atoms with Crippen molar-refractivity contribution in [1.82, 2.24) is 10.2 Å². The van der Waals surface area contributed by atoms with Gasteiger partial charge in [0.2, 0.25) is 5.91 Å². The molecule has 0 bridgehead atoms. The summed E-state index contributed by atoms with van der Waals surface area (Å²) in [6.45, 7) is 2.06. The van der Waals surface area contributed by atoms with E-state index in [-0.39, 0.29) is 23.4 Å². The van der Waals surface area contributed by atoms with Crippen LogP contribution in [0.2, 0.25) is 5.02 Å². The molecule has 2 N–H and O–H groups in total. The minimum Gasteiger partial charge on any atom is -0.376 e. The van der Waals surface area contributed by atoms with Crippen molar-refractivity contribution in [1.29, 1.82) is 0 Å². The zero-order chi connectivity index (χ0) is 19.2. The first-order chi connectivity index (χ1) is 13.0. The van der Waals surface area contributed by atoms with E-state index >= 15 is 0 Å². The van der Waals surface area contributed by atoms with Crippen LogP contribution >= 0.6 is 11.6 Å². The first-order valence-corrected chi connectivity index (χ1v) is 9.24.